The first-order chi connectivity index (χ1) is 18.4. The molecule has 6 N–H and O–H groups in total. The average Bonchev–Trinajstić information content (AvgIpc) is 2.90. The predicted octanol–water partition coefficient (Wildman–Crippen LogP) is 2.33. The largest absolute Gasteiger partial charge is 0.394 e. The molecule has 9 nitrogen and oxygen atoms in total. The fraction of sp³-hybridized carbons (Fsp3) is 0.586. The van der Waals surface area contributed by atoms with Crippen LogP contribution >= 0.6 is 0 Å². The lowest BCUT2D eigenvalue weighted by Crippen LogP contribution is -2.64. The summed E-state index contributed by atoms with van der Waals surface area (Å²) in [6.07, 6.45) is 22.3. The highest BCUT2D eigenvalue weighted by molar-refractivity contribution is 5.79. The number of unbranched alkanes of at least 4 members (excludes halogenated alkanes) is 1. The lowest BCUT2D eigenvalue weighted by Gasteiger charge is -2.40. The third-order valence-electron chi connectivity index (χ3n) is 5.83. The van der Waals surface area contributed by atoms with E-state index in [1.165, 1.54) is 0 Å². The molecule has 0 aliphatic carbocycles. The van der Waals surface area contributed by atoms with Gasteiger partial charge in [-0.15, -0.1) is 0 Å². The van der Waals surface area contributed by atoms with Crippen LogP contribution in [-0.2, 0) is 14.3 Å². The Morgan fingerprint density at radius 3 is 1.87 bits per heavy atom. The molecule has 5 atom stereocenters. The molecule has 0 saturated carbocycles. The van der Waals surface area contributed by atoms with E-state index in [0.717, 1.165) is 38.5 Å². The minimum absolute atomic E-state index is 0.0595. The number of carbonyl (C=O) groups is 2. The van der Waals surface area contributed by atoms with Gasteiger partial charge in [-0.1, -0.05) is 67.7 Å². The second-order valence-corrected chi connectivity index (χ2v) is 9.02. The van der Waals surface area contributed by atoms with Gasteiger partial charge in [0, 0.05) is 19.4 Å². The molecule has 214 valence electrons. The van der Waals surface area contributed by atoms with Gasteiger partial charge in [0.1, 0.15) is 24.4 Å². The monoisotopic (exact) mass is 534 g/mol. The van der Waals surface area contributed by atoms with E-state index >= 15 is 0 Å². The number of ether oxygens (including phenoxy) is 1. The molecule has 1 heterocycles. The number of hydrogen-bond acceptors (Lipinski definition) is 7. The third-order valence-corrected chi connectivity index (χ3v) is 5.83. The van der Waals surface area contributed by atoms with E-state index in [0.29, 0.717) is 12.8 Å². The highest BCUT2D eigenvalue weighted by atomic mass is 16.6. The first-order valence-electron chi connectivity index (χ1n) is 13.5. The van der Waals surface area contributed by atoms with Crippen molar-refractivity contribution in [1.82, 2.24) is 10.6 Å². The van der Waals surface area contributed by atoms with Gasteiger partial charge in [0.25, 0.3) is 0 Å². The number of nitrogens with one attached hydrogen (secondary N) is 2. The third kappa shape index (κ3) is 15.0. The van der Waals surface area contributed by atoms with E-state index in [-0.39, 0.29) is 18.9 Å². The van der Waals surface area contributed by atoms with E-state index in [1.54, 1.807) is 0 Å². The molecule has 1 saturated heterocycles. The molecule has 1 aliphatic rings. The van der Waals surface area contributed by atoms with Crippen molar-refractivity contribution in [2.45, 2.75) is 95.4 Å². The van der Waals surface area contributed by atoms with Crippen molar-refractivity contribution in [1.29, 1.82) is 0 Å². The Kier molecular flexibility index (Phi) is 18.8. The first kappa shape index (κ1) is 33.5. The minimum Gasteiger partial charge on any atom is -0.394 e. The normalized spacial score (nSPS) is 24.4. The maximum atomic E-state index is 12.1. The van der Waals surface area contributed by atoms with Crippen LogP contribution in [-0.4, -0.2) is 76.0 Å². The number of aliphatic hydroxyl groups is 4. The van der Waals surface area contributed by atoms with Gasteiger partial charge in [-0.3, -0.25) is 9.59 Å². The summed E-state index contributed by atoms with van der Waals surface area (Å²) in [5, 5.41) is 43.9. The van der Waals surface area contributed by atoms with E-state index in [9.17, 15) is 24.9 Å². The molecule has 0 bridgehead atoms. The SMILES string of the molecule is CC/C=C\C/C=C\C/C=C\C/C=C\C/C=C\CCCC(=O)NCCC(=O)NC1[C@H](O)OC(CO)[C@@H](O)[C@H]1O. The number of allylic oxidation sites excluding steroid dienone is 10. The van der Waals surface area contributed by atoms with E-state index < -0.39 is 43.2 Å². The van der Waals surface area contributed by atoms with Crippen LogP contribution in [0, 0.1) is 0 Å². The number of amides is 2. The molecule has 0 aromatic heterocycles. The quantitative estimate of drug-likeness (QED) is 0.117. The van der Waals surface area contributed by atoms with Crippen molar-refractivity contribution in [3.8, 4) is 0 Å². The van der Waals surface area contributed by atoms with Crippen LogP contribution in [0.2, 0.25) is 0 Å². The molecular formula is C29H46N2O7. The minimum atomic E-state index is -1.57. The smallest absolute Gasteiger partial charge is 0.222 e. The van der Waals surface area contributed by atoms with Crippen molar-refractivity contribution in [3.05, 3.63) is 60.8 Å². The summed E-state index contributed by atoms with van der Waals surface area (Å²) in [6.45, 7) is 1.66. The Morgan fingerprint density at radius 2 is 1.32 bits per heavy atom. The highest BCUT2D eigenvalue weighted by Gasteiger charge is 2.44. The average molecular weight is 535 g/mol. The van der Waals surface area contributed by atoms with Gasteiger partial charge in [0.2, 0.25) is 11.8 Å². The van der Waals surface area contributed by atoms with Crippen LogP contribution in [0.4, 0.5) is 0 Å². The van der Waals surface area contributed by atoms with Gasteiger partial charge in [0.15, 0.2) is 6.29 Å². The van der Waals surface area contributed by atoms with E-state index in [1.807, 2.05) is 0 Å². The maximum absolute atomic E-state index is 12.1. The van der Waals surface area contributed by atoms with Gasteiger partial charge >= 0.3 is 0 Å². The van der Waals surface area contributed by atoms with Gasteiger partial charge in [-0.25, -0.2) is 0 Å². The summed E-state index contributed by atoms with van der Waals surface area (Å²) in [5.41, 5.74) is 0. The lowest BCUT2D eigenvalue weighted by atomic mass is 9.97. The van der Waals surface area contributed by atoms with Crippen LogP contribution in [0.25, 0.3) is 0 Å². The van der Waals surface area contributed by atoms with Crippen molar-refractivity contribution in [3.63, 3.8) is 0 Å². The van der Waals surface area contributed by atoms with Gasteiger partial charge in [0.05, 0.1) is 6.61 Å². The standard InChI is InChI=1S/C29H46N2O7/c1-2-3-4-5-6-7-8-9-10-11-12-13-14-15-16-17-18-19-24(33)30-21-20-25(34)31-26-28(36)27(35)23(22-32)38-29(26)37/h3-4,6-7,9-10,12-13,15-16,23,26-29,32,35-37H,2,5,8,11,14,17-22H2,1H3,(H,30,33)(H,31,34)/b4-3-,7-6-,10-9-,13-12-,16-15-/t23?,26?,27-,28+,29-/m1/s1. The molecule has 1 aliphatic heterocycles. The number of hydrogen-bond donors (Lipinski definition) is 6. The van der Waals surface area contributed by atoms with Crippen LogP contribution < -0.4 is 10.6 Å². The summed E-state index contributed by atoms with van der Waals surface area (Å²) in [7, 11) is 0. The van der Waals surface area contributed by atoms with Crippen LogP contribution in [0.3, 0.4) is 0 Å². The highest BCUT2D eigenvalue weighted by Crippen LogP contribution is 2.19. The molecule has 9 heteroatoms. The summed E-state index contributed by atoms with van der Waals surface area (Å²) >= 11 is 0. The maximum Gasteiger partial charge on any atom is 0.222 e. The Balaban J connectivity index is 2.06. The molecule has 2 amide bonds. The second kappa shape index (κ2) is 21.4. The van der Waals surface area contributed by atoms with E-state index in [2.05, 4.69) is 78.3 Å². The predicted molar refractivity (Wildman–Crippen MR) is 148 cm³/mol. The number of rotatable bonds is 18. The molecular weight excluding hydrogens is 488 g/mol. The summed E-state index contributed by atoms with van der Waals surface area (Å²) in [4.78, 5) is 24.0. The Hall–Kier alpha value is -2.56. The Morgan fingerprint density at radius 1 is 0.763 bits per heavy atom. The topological polar surface area (TPSA) is 148 Å². The fourth-order valence-electron chi connectivity index (χ4n) is 3.66. The van der Waals surface area contributed by atoms with Crippen LogP contribution in [0.5, 0.6) is 0 Å². The molecule has 2 unspecified atom stereocenters. The van der Waals surface area contributed by atoms with Gasteiger partial charge in [-0.2, -0.15) is 0 Å². The van der Waals surface area contributed by atoms with Crippen molar-refractivity contribution >= 4 is 11.8 Å². The number of aliphatic hydroxyl groups excluding tert-OH is 4. The zero-order valence-electron chi connectivity index (χ0n) is 22.5. The fourth-order valence-corrected chi connectivity index (χ4v) is 3.66. The van der Waals surface area contributed by atoms with Crippen molar-refractivity contribution in [2.75, 3.05) is 13.2 Å². The molecule has 0 aromatic carbocycles. The lowest BCUT2D eigenvalue weighted by molar-refractivity contribution is -0.253. The zero-order valence-corrected chi connectivity index (χ0v) is 22.5. The second-order valence-electron chi connectivity index (χ2n) is 9.02. The van der Waals surface area contributed by atoms with Gasteiger partial charge < -0.3 is 35.8 Å². The summed E-state index contributed by atoms with van der Waals surface area (Å²) in [6, 6.07) is -1.24. The molecule has 38 heavy (non-hydrogen) atoms. The molecule has 0 radical (unpaired) electrons. The molecule has 0 aromatic rings. The Bertz CT molecular complexity index is 807. The van der Waals surface area contributed by atoms with Crippen molar-refractivity contribution in [2.24, 2.45) is 0 Å². The van der Waals surface area contributed by atoms with Crippen molar-refractivity contribution < 1.29 is 34.8 Å². The number of carbonyl (C=O) groups excluding carboxylic acids is 2. The molecule has 1 rings (SSSR count). The van der Waals surface area contributed by atoms with Gasteiger partial charge in [-0.05, 0) is 44.9 Å². The molecule has 1 fully saturated rings. The summed E-state index contributed by atoms with van der Waals surface area (Å²) < 4.78 is 4.99. The van der Waals surface area contributed by atoms with E-state index in [4.69, 9.17) is 9.84 Å². The van der Waals surface area contributed by atoms with Crippen LogP contribution in [0.1, 0.15) is 64.7 Å². The van der Waals surface area contributed by atoms with Crippen LogP contribution in [0.15, 0.2) is 60.8 Å². The first-order valence-corrected chi connectivity index (χ1v) is 13.5. The summed E-state index contributed by atoms with van der Waals surface area (Å²) in [5.74, 6) is -0.683. The molecule has 0 spiro atoms. The Labute approximate surface area is 226 Å². The zero-order chi connectivity index (χ0) is 28.0.